The minimum Gasteiger partial charge on any atom is -0.484 e. The number of benzene rings is 2. The highest BCUT2D eigenvalue weighted by molar-refractivity contribution is 7.94. The number of ether oxygens (including phenoxy) is 2. The van der Waals surface area contributed by atoms with Crippen molar-refractivity contribution in [1.29, 1.82) is 0 Å². The van der Waals surface area contributed by atoms with Crippen LogP contribution in [-0.2, 0) is 19.6 Å². The number of hydrogen-bond donors (Lipinski definition) is 1. The lowest BCUT2D eigenvalue weighted by Crippen LogP contribution is -2.25. The maximum atomic E-state index is 12.6. The van der Waals surface area contributed by atoms with Gasteiger partial charge in [-0.3, -0.25) is 9.10 Å². The third-order valence-corrected chi connectivity index (χ3v) is 7.77. The van der Waals surface area contributed by atoms with Gasteiger partial charge in [0.05, 0.1) is 18.4 Å². The largest absolute Gasteiger partial charge is 0.484 e. The van der Waals surface area contributed by atoms with Crippen LogP contribution in [0.3, 0.4) is 0 Å². The van der Waals surface area contributed by atoms with E-state index in [2.05, 4.69) is 5.32 Å². The van der Waals surface area contributed by atoms with Crippen LogP contribution in [0.1, 0.15) is 15.9 Å². The highest BCUT2D eigenvalue weighted by Gasteiger charge is 2.22. The molecule has 1 amide bonds. The minimum absolute atomic E-state index is 0.253. The average Bonchev–Trinajstić information content (AvgIpc) is 3.34. The second kappa shape index (κ2) is 9.84. The van der Waals surface area contributed by atoms with E-state index in [0.717, 1.165) is 16.9 Å². The van der Waals surface area contributed by atoms with Crippen LogP contribution >= 0.6 is 11.3 Å². The standard InChI is InChI=1S/C22H22N2O6S2/c1-15-6-7-16(22(26)29-3)13-19(15)23-20(25)14-30-18-10-8-17(9-11-18)24(2)32(27,28)21-5-4-12-31-21/h4-13H,14H2,1-3H3,(H,23,25). The van der Waals surface area contributed by atoms with Crippen molar-refractivity contribution in [3.05, 3.63) is 71.1 Å². The van der Waals surface area contributed by atoms with Crippen LogP contribution in [0.2, 0.25) is 0 Å². The quantitative estimate of drug-likeness (QED) is 0.500. The van der Waals surface area contributed by atoms with Crippen LogP contribution in [0, 0.1) is 6.92 Å². The van der Waals surface area contributed by atoms with Gasteiger partial charge >= 0.3 is 5.97 Å². The first-order chi connectivity index (χ1) is 15.2. The highest BCUT2D eigenvalue weighted by atomic mass is 32.2. The van der Waals surface area contributed by atoms with E-state index in [9.17, 15) is 18.0 Å². The van der Waals surface area contributed by atoms with E-state index >= 15 is 0 Å². The van der Waals surface area contributed by atoms with Crippen LogP contribution < -0.4 is 14.4 Å². The third-order valence-electron chi connectivity index (χ3n) is 4.61. The van der Waals surface area contributed by atoms with Crippen molar-refractivity contribution in [2.24, 2.45) is 0 Å². The zero-order valence-electron chi connectivity index (χ0n) is 17.7. The summed E-state index contributed by atoms with van der Waals surface area (Å²) < 4.78 is 36.8. The fourth-order valence-electron chi connectivity index (χ4n) is 2.77. The highest BCUT2D eigenvalue weighted by Crippen LogP contribution is 2.26. The minimum atomic E-state index is -3.62. The maximum absolute atomic E-state index is 12.6. The molecule has 1 heterocycles. The maximum Gasteiger partial charge on any atom is 0.337 e. The predicted octanol–water partition coefficient (Wildman–Crippen LogP) is 3.69. The summed E-state index contributed by atoms with van der Waals surface area (Å²) in [4.78, 5) is 24.0. The molecule has 1 N–H and O–H groups in total. The Labute approximate surface area is 190 Å². The van der Waals surface area contributed by atoms with E-state index in [1.54, 1.807) is 60.8 Å². The molecule has 0 saturated heterocycles. The van der Waals surface area contributed by atoms with E-state index in [1.807, 2.05) is 0 Å². The topological polar surface area (TPSA) is 102 Å². The number of aryl methyl sites for hydroxylation is 1. The molecule has 1 aromatic heterocycles. The first-order valence-corrected chi connectivity index (χ1v) is 11.8. The molecule has 0 bridgehead atoms. The molecule has 0 saturated carbocycles. The number of anilines is 2. The fraction of sp³-hybridized carbons (Fsp3) is 0.182. The monoisotopic (exact) mass is 474 g/mol. The van der Waals surface area contributed by atoms with Crippen molar-refractivity contribution < 1.29 is 27.5 Å². The van der Waals surface area contributed by atoms with E-state index in [4.69, 9.17) is 9.47 Å². The summed E-state index contributed by atoms with van der Waals surface area (Å²) in [6.07, 6.45) is 0. The Kier molecular flexibility index (Phi) is 7.16. The van der Waals surface area contributed by atoms with Crippen LogP contribution in [0.25, 0.3) is 0 Å². The van der Waals surface area contributed by atoms with Crippen LogP contribution in [0.15, 0.2) is 64.2 Å². The van der Waals surface area contributed by atoms with Crippen molar-refractivity contribution in [2.75, 3.05) is 30.4 Å². The lowest BCUT2D eigenvalue weighted by Gasteiger charge is -2.18. The van der Waals surface area contributed by atoms with Crippen molar-refractivity contribution in [3.63, 3.8) is 0 Å². The lowest BCUT2D eigenvalue weighted by atomic mass is 10.1. The van der Waals surface area contributed by atoms with E-state index < -0.39 is 21.9 Å². The molecule has 0 fully saturated rings. The van der Waals surface area contributed by atoms with Gasteiger partial charge in [-0.15, -0.1) is 11.3 Å². The van der Waals surface area contributed by atoms with Gasteiger partial charge in [-0.05, 0) is 60.3 Å². The van der Waals surface area contributed by atoms with Gasteiger partial charge < -0.3 is 14.8 Å². The number of nitrogens with zero attached hydrogens (tertiary/aromatic N) is 1. The molecule has 0 aliphatic rings. The second-order valence-electron chi connectivity index (χ2n) is 6.76. The van der Waals surface area contributed by atoms with Gasteiger partial charge in [0.1, 0.15) is 9.96 Å². The van der Waals surface area contributed by atoms with Crippen molar-refractivity contribution in [1.82, 2.24) is 0 Å². The first-order valence-electron chi connectivity index (χ1n) is 9.46. The molecule has 0 atom stereocenters. The van der Waals surface area contributed by atoms with Gasteiger partial charge in [-0.1, -0.05) is 12.1 Å². The zero-order valence-corrected chi connectivity index (χ0v) is 19.3. The lowest BCUT2D eigenvalue weighted by molar-refractivity contribution is -0.118. The molecule has 0 aliphatic carbocycles. The van der Waals surface area contributed by atoms with Crippen LogP contribution in [0.4, 0.5) is 11.4 Å². The molecule has 168 valence electrons. The van der Waals surface area contributed by atoms with E-state index in [-0.39, 0.29) is 10.8 Å². The second-order valence-corrected chi connectivity index (χ2v) is 9.90. The van der Waals surface area contributed by atoms with Gasteiger partial charge in [0.2, 0.25) is 0 Å². The number of amides is 1. The number of hydrogen-bond acceptors (Lipinski definition) is 7. The third kappa shape index (κ3) is 5.27. The van der Waals surface area contributed by atoms with Gasteiger partial charge in [-0.25, -0.2) is 13.2 Å². The molecule has 0 spiro atoms. The Balaban J connectivity index is 1.61. The molecule has 0 radical (unpaired) electrons. The van der Waals surface area contributed by atoms with Gasteiger partial charge in [-0.2, -0.15) is 0 Å². The molecule has 8 nitrogen and oxygen atoms in total. The Hall–Kier alpha value is -3.37. The smallest absolute Gasteiger partial charge is 0.337 e. The summed E-state index contributed by atoms with van der Waals surface area (Å²) in [6, 6.07) is 14.5. The molecule has 2 aromatic carbocycles. The number of sulfonamides is 1. The number of carbonyl (C=O) groups is 2. The van der Waals surface area contributed by atoms with Crippen molar-refractivity contribution in [3.8, 4) is 5.75 Å². The van der Waals surface area contributed by atoms with Gasteiger partial charge in [0, 0.05) is 12.7 Å². The Bertz CT molecular complexity index is 1210. The fourth-order valence-corrected chi connectivity index (χ4v) is 5.13. The summed E-state index contributed by atoms with van der Waals surface area (Å²) in [6.45, 7) is 1.54. The predicted molar refractivity (Wildman–Crippen MR) is 123 cm³/mol. The number of esters is 1. The molecule has 0 unspecified atom stereocenters. The zero-order chi connectivity index (χ0) is 23.3. The van der Waals surface area contributed by atoms with Crippen molar-refractivity contribution >= 4 is 44.6 Å². The molecule has 32 heavy (non-hydrogen) atoms. The SMILES string of the molecule is COC(=O)c1ccc(C)c(NC(=O)COc2ccc(N(C)S(=O)(=O)c3cccs3)cc2)c1. The Morgan fingerprint density at radius 1 is 1.09 bits per heavy atom. The Morgan fingerprint density at radius 3 is 2.44 bits per heavy atom. The summed E-state index contributed by atoms with van der Waals surface area (Å²) in [7, 11) is -0.862. The number of thiophene rings is 1. The van der Waals surface area contributed by atoms with Crippen molar-refractivity contribution in [2.45, 2.75) is 11.1 Å². The molecule has 3 rings (SSSR count). The molecular formula is C22H22N2O6S2. The van der Waals surface area contributed by atoms with Crippen LogP contribution in [0.5, 0.6) is 5.75 Å². The number of rotatable bonds is 8. The summed E-state index contributed by atoms with van der Waals surface area (Å²) in [5.74, 6) is -0.495. The molecule has 3 aromatic rings. The van der Waals surface area contributed by atoms with E-state index in [0.29, 0.717) is 22.7 Å². The van der Waals surface area contributed by atoms with Gasteiger partial charge in [0.25, 0.3) is 15.9 Å². The number of methoxy groups -OCH3 is 1. The number of carbonyl (C=O) groups excluding carboxylic acids is 2. The summed E-state index contributed by atoms with van der Waals surface area (Å²) in [5.41, 5.74) is 2.06. The average molecular weight is 475 g/mol. The first kappa shape index (κ1) is 23.3. The summed E-state index contributed by atoms with van der Waals surface area (Å²) >= 11 is 1.15. The molecule has 0 aliphatic heterocycles. The summed E-state index contributed by atoms with van der Waals surface area (Å²) in [5, 5.41) is 4.41. The van der Waals surface area contributed by atoms with Crippen LogP contribution in [-0.4, -0.2) is 41.1 Å². The normalized spacial score (nSPS) is 11.0. The number of nitrogens with one attached hydrogen (secondary N) is 1. The molecule has 10 heteroatoms. The van der Waals surface area contributed by atoms with Gasteiger partial charge in [0.15, 0.2) is 6.61 Å². The van der Waals surface area contributed by atoms with E-state index in [1.165, 1.54) is 24.5 Å². The Morgan fingerprint density at radius 2 is 1.81 bits per heavy atom. The molecular weight excluding hydrogens is 452 g/mol.